The molecule has 41 heavy (non-hydrogen) atoms. The van der Waals surface area contributed by atoms with Crippen molar-refractivity contribution in [2.45, 2.75) is 71.3 Å². The number of alkyl halides is 3. The molecule has 8 nitrogen and oxygen atoms in total. The molecule has 222 valence electrons. The molecular weight excluding hydrogens is 539 g/mol. The molecule has 2 fully saturated rings. The van der Waals surface area contributed by atoms with E-state index in [0.717, 1.165) is 31.2 Å². The lowest BCUT2D eigenvalue weighted by Crippen LogP contribution is -2.42. The van der Waals surface area contributed by atoms with Gasteiger partial charge in [0.05, 0.1) is 18.2 Å². The molecule has 1 aliphatic heterocycles. The van der Waals surface area contributed by atoms with Crippen molar-refractivity contribution in [2.75, 3.05) is 13.2 Å². The molecule has 2 aromatic carbocycles. The van der Waals surface area contributed by atoms with Crippen LogP contribution in [0.5, 0.6) is 5.75 Å². The fourth-order valence-electron chi connectivity index (χ4n) is 5.49. The Hall–Kier alpha value is -3.76. The summed E-state index contributed by atoms with van der Waals surface area (Å²) >= 11 is 0. The zero-order valence-electron chi connectivity index (χ0n) is 23.4. The summed E-state index contributed by atoms with van der Waals surface area (Å²) in [6.45, 7) is 7.16. The first-order chi connectivity index (χ1) is 19.3. The summed E-state index contributed by atoms with van der Waals surface area (Å²) in [6.07, 6.45) is -0.915. The first kappa shape index (κ1) is 30.2. The highest BCUT2D eigenvalue weighted by atomic mass is 19.4. The van der Waals surface area contributed by atoms with Gasteiger partial charge in [0, 0.05) is 18.2 Å². The third-order valence-electron chi connectivity index (χ3n) is 7.72. The van der Waals surface area contributed by atoms with Crippen molar-refractivity contribution < 1.29 is 37.3 Å². The maximum Gasteiger partial charge on any atom is 0.573 e. The van der Waals surface area contributed by atoms with Crippen molar-refractivity contribution in [2.24, 2.45) is 16.3 Å². The van der Waals surface area contributed by atoms with Crippen LogP contribution >= 0.6 is 0 Å². The second-order valence-corrected chi connectivity index (χ2v) is 11.6. The fourth-order valence-corrected chi connectivity index (χ4v) is 5.49. The standard InChI is InChI=1S/C30H36F3N3O5/c1-29(2,3)21-8-12-23(13-9-21)36-25(19-4-6-20(7-5-19)27(39)34-17-16-26(37)38)18-40-28(36)35-22-10-14-24(15-11-22)41-30(31,32)33/h4-7,10-11,14-15,21,23,25H,8-9,12-13,16-18H2,1-3H3,(H,34,39)(H,37,38)/b35-28-. The molecule has 1 saturated heterocycles. The van der Waals surface area contributed by atoms with Gasteiger partial charge in [-0.05, 0) is 79.0 Å². The van der Waals surface area contributed by atoms with Gasteiger partial charge >= 0.3 is 12.3 Å². The highest BCUT2D eigenvalue weighted by molar-refractivity contribution is 5.94. The molecule has 1 atom stereocenters. The predicted octanol–water partition coefficient (Wildman–Crippen LogP) is 6.46. The molecule has 2 N–H and O–H groups in total. The number of carboxylic acids is 1. The van der Waals surface area contributed by atoms with E-state index < -0.39 is 12.3 Å². The minimum atomic E-state index is -4.77. The Bertz CT molecular complexity index is 1230. The predicted molar refractivity (Wildman–Crippen MR) is 147 cm³/mol. The number of rotatable bonds is 8. The van der Waals surface area contributed by atoms with E-state index in [1.54, 1.807) is 12.1 Å². The molecule has 4 rings (SSSR count). The SMILES string of the molecule is CC(C)(C)C1CCC(N2/C(=N/c3ccc(OC(F)(F)F)cc3)OCC2c2ccc(C(=O)NCCC(=O)O)cc2)CC1. The maximum atomic E-state index is 12.6. The molecule has 0 bridgehead atoms. The largest absolute Gasteiger partial charge is 0.573 e. The topological polar surface area (TPSA) is 100 Å². The molecule has 1 aliphatic carbocycles. The second kappa shape index (κ2) is 12.4. The molecule has 2 aliphatic rings. The lowest BCUT2D eigenvalue weighted by Gasteiger charge is -2.41. The summed E-state index contributed by atoms with van der Waals surface area (Å²) in [5.74, 6) is -1.06. The average Bonchev–Trinajstić information content (AvgIpc) is 3.31. The maximum absolute atomic E-state index is 12.6. The van der Waals surface area contributed by atoms with Gasteiger partial charge in [-0.1, -0.05) is 32.9 Å². The van der Waals surface area contributed by atoms with Crippen LogP contribution in [0.3, 0.4) is 0 Å². The third-order valence-corrected chi connectivity index (χ3v) is 7.72. The van der Waals surface area contributed by atoms with Crippen LogP contribution in [-0.4, -0.2) is 53.5 Å². The van der Waals surface area contributed by atoms with Crippen LogP contribution in [0.15, 0.2) is 53.5 Å². The smallest absolute Gasteiger partial charge is 0.481 e. The van der Waals surface area contributed by atoms with E-state index >= 15 is 0 Å². The number of hydrogen-bond donors (Lipinski definition) is 2. The molecule has 1 amide bonds. The quantitative estimate of drug-likeness (QED) is 0.375. The number of ether oxygens (including phenoxy) is 2. The van der Waals surface area contributed by atoms with E-state index in [4.69, 9.17) is 9.84 Å². The van der Waals surface area contributed by atoms with Crippen LogP contribution < -0.4 is 10.1 Å². The van der Waals surface area contributed by atoms with Gasteiger partial charge in [0.25, 0.3) is 11.9 Å². The van der Waals surface area contributed by atoms with Crippen molar-refractivity contribution in [1.29, 1.82) is 0 Å². The number of aliphatic carboxylic acids is 1. The molecule has 0 radical (unpaired) electrons. The van der Waals surface area contributed by atoms with E-state index in [-0.39, 0.29) is 42.1 Å². The summed E-state index contributed by atoms with van der Waals surface area (Å²) in [4.78, 5) is 30.0. The van der Waals surface area contributed by atoms with E-state index in [0.29, 0.717) is 29.8 Å². The molecule has 0 spiro atoms. The number of nitrogens with one attached hydrogen (secondary N) is 1. The van der Waals surface area contributed by atoms with E-state index in [1.165, 1.54) is 24.3 Å². The van der Waals surface area contributed by atoms with Crippen molar-refractivity contribution >= 4 is 23.6 Å². The summed E-state index contributed by atoms with van der Waals surface area (Å²) in [6, 6.07) is 12.9. The summed E-state index contributed by atoms with van der Waals surface area (Å²) < 4.78 is 47.7. The Labute approximate surface area is 237 Å². The Kier molecular flexibility index (Phi) is 9.14. The Morgan fingerprint density at radius 3 is 2.22 bits per heavy atom. The van der Waals surface area contributed by atoms with E-state index in [1.807, 2.05) is 12.1 Å². The highest BCUT2D eigenvalue weighted by Gasteiger charge is 2.41. The molecule has 1 unspecified atom stereocenters. The van der Waals surface area contributed by atoms with Gasteiger partial charge in [0.15, 0.2) is 0 Å². The fraction of sp³-hybridized carbons (Fsp3) is 0.500. The second-order valence-electron chi connectivity index (χ2n) is 11.6. The van der Waals surface area contributed by atoms with Crippen LogP contribution in [0.1, 0.15) is 74.8 Å². The normalized spacial score (nSPS) is 22.3. The number of carboxylic acid groups (broad SMARTS) is 1. The van der Waals surface area contributed by atoms with Crippen molar-refractivity contribution in [3.8, 4) is 5.75 Å². The first-order valence-electron chi connectivity index (χ1n) is 13.8. The Morgan fingerprint density at radius 1 is 1.02 bits per heavy atom. The Morgan fingerprint density at radius 2 is 1.66 bits per heavy atom. The zero-order valence-corrected chi connectivity index (χ0v) is 23.4. The van der Waals surface area contributed by atoms with Crippen LogP contribution in [0.25, 0.3) is 0 Å². The van der Waals surface area contributed by atoms with Crippen molar-refractivity contribution in [3.63, 3.8) is 0 Å². The molecule has 1 heterocycles. The van der Waals surface area contributed by atoms with Crippen LogP contribution in [0.2, 0.25) is 0 Å². The van der Waals surface area contributed by atoms with Crippen molar-refractivity contribution in [1.82, 2.24) is 10.2 Å². The van der Waals surface area contributed by atoms with Gasteiger partial charge in [-0.2, -0.15) is 4.99 Å². The van der Waals surface area contributed by atoms with Crippen LogP contribution in [0.4, 0.5) is 18.9 Å². The number of nitrogens with zero attached hydrogens (tertiary/aromatic N) is 2. The lowest BCUT2D eigenvalue weighted by molar-refractivity contribution is -0.274. The summed E-state index contributed by atoms with van der Waals surface area (Å²) in [5, 5.41) is 11.4. The number of amides is 1. The summed E-state index contributed by atoms with van der Waals surface area (Å²) in [7, 11) is 0. The minimum absolute atomic E-state index is 0.0422. The highest BCUT2D eigenvalue weighted by Crippen LogP contribution is 2.42. The molecule has 0 aromatic heterocycles. The Balaban J connectivity index is 1.55. The van der Waals surface area contributed by atoms with Gasteiger partial charge in [-0.15, -0.1) is 13.2 Å². The molecular formula is C30H36F3N3O5. The number of benzene rings is 2. The summed E-state index contributed by atoms with van der Waals surface area (Å²) in [5.41, 5.74) is 2.01. The van der Waals surface area contributed by atoms with E-state index in [2.05, 4.69) is 40.7 Å². The van der Waals surface area contributed by atoms with Gasteiger partial charge in [0.1, 0.15) is 12.4 Å². The minimum Gasteiger partial charge on any atom is -0.481 e. The third kappa shape index (κ3) is 8.14. The number of carbonyl (C=O) groups excluding carboxylic acids is 1. The number of amidine groups is 1. The lowest BCUT2D eigenvalue weighted by atomic mass is 9.71. The van der Waals surface area contributed by atoms with Gasteiger partial charge < -0.3 is 24.8 Å². The van der Waals surface area contributed by atoms with Crippen LogP contribution in [-0.2, 0) is 9.53 Å². The first-order valence-corrected chi connectivity index (χ1v) is 13.8. The zero-order chi connectivity index (χ0) is 29.8. The monoisotopic (exact) mass is 575 g/mol. The average molecular weight is 576 g/mol. The molecule has 2 aromatic rings. The van der Waals surface area contributed by atoms with Crippen LogP contribution in [0, 0.1) is 11.3 Å². The van der Waals surface area contributed by atoms with Crippen molar-refractivity contribution in [3.05, 3.63) is 59.7 Å². The number of halogens is 3. The van der Waals surface area contributed by atoms with Gasteiger partial charge in [-0.3, -0.25) is 9.59 Å². The number of carbonyl (C=O) groups is 2. The number of hydrogen-bond acceptors (Lipinski definition) is 5. The molecule has 11 heteroatoms. The number of aliphatic imine (C=N–C) groups is 1. The van der Waals surface area contributed by atoms with Gasteiger partial charge in [0.2, 0.25) is 0 Å². The van der Waals surface area contributed by atoms with E-state index in [9.17, 15) is 22.8 Å². The molecule has 1 saturated carbocycles. The van der Waals surface area contributed by atoms with Gasteiger partial charge in [-0.25, -0.2) is 0 Å².